The van der Waals surface area contributed by atoms with Crippen molar-refractivity contribution in [3.05, 3.63) is 96.7 Å². The fourth-order valence-corrected chi connectivity index (χ4v) is 5.92. The van der Waals surface area contributed by atoms with Gasteiger partial charge in [-0.25, -0.2) is 9.79 Å². The number of ether oxygens (including phenoxy) is 4. The third kappa shape index (κ3) is 4.59. The van der Waals surface area contributed by atoms with Gasteiger partial charge in [0.05, 0.1) is 43.7 Å². The van der Waals surface area contributed by atoms with E-state index in [9.17, 15) is 9.59 Å². The number of thiazole rings is 1. The van der Waals surface area contributed by atoms with Gasteiger partial charge in [0.2, 0.25) is 0 Å². The maximum Gasteiger partial charge on any atom is 0.338 e. The summed E-state index contributed by atoms with van der Waals surface area (Å²) < 4.78 is 24.1. The number of carbonyl (C=O) groups excluding carboxylic acids is 1. The standard InChI is InChI=1S/C30H28N2O6S/c1-6-38-29(34)25-17(2)31-30-32(27(25)26-21-10-8-7-9-18(21)12-14-22(26)36-4)28(33)24(39-30)15-19-11-13-20(35-3)16-23(19)37-5/h7-16,27H,6H2,1-5H3/t27-/m1/s1. The van der Waals surface area contributed by atoms with E-state index in [1.807, 2.05) is 42.5 Å². The summed E-state index contributed by atoms with van der Waals surface area (Å²) in [5.74, 6) is 1.24. The van der Waals surface area contributed by atoms with Crippen LogP contribution in [0.4, 0.5) is 0 Å². The Morgan fingerprint density at radius 1 is 1.03 bits per heavy atom. The van der Waals surface area contributed by atoms with Gasteiger partial charge in [0.1, 0.15) is 23.3 Å². The molecule has 0 saturated carbocycles. The van der Waals surface area contributed by atoms with Crippen LogP contribution in [-0.2, 0) is 9.53 Å². The molecule has 39 heavy (non-hydrogen) atoms. The van der Waals surface area contributed by atoms with Crippen molar-refractivity contribution in [1.29, 1.82) is 0 Å². The zero-order valence-corrected chi connectivity index (χ0v) is 23.1. The Morgan fingerprint density at radius 2 is 1.79 bits per heavy atom. The predicted octanol–water partition coefficient (Wildman–Crippen LogP) is 3.98. The first-order valence-electron chi connectivity index (χ1n) is 12.4. The molecule has 0 bridgehead atoms. The fraction of sp³-hybridized carbons (Fsp3) is 0.233. The molecule has 2 heterocycles. The van der Waals surface area contributed by atoms with Crippen LogP contribution in [-0.4, -0.2) is 38.5 Å². The number of rotatable bonds is 7. The normalized spacial score (nSPS) is 15.1. The molecule has 0 fully saturated rings. The first-order chi connectivity index (χ1) is 18.9. The van der Waals surface area contributed by atoms with Crippen LogP contribution >= 0.6 is 11.3 Å². The summed E-state index contributed by atoms with van der Waals surface area (Å²) in [7, 11) is 4.72. The van der Waals surface area contributed by atoms with Crippen molar-refractivity contribution in [2.45, 2.75) is 19.9 Å². The molecule has 4 aromatic rings. The van der Waals surface area contributed by atoms with Crippen LogP contribution in [0.5, 0.6) is 17.2 Å². The molecule has 0 N–H and O–H groups in total. The molecule has 1 aliphatic rings. The Hall–Kier alpha value is -4.37. The molecular weight excluding hydrogens is 516 g/mol. The Kier molecular flexibility index (Phi) is 7.26. The van der Waals surface area contributed by atoms with Gasteiger partial charge in [-0.3, -0.25) is 9.36 Å². The number of hydrogen-bond donors (Lipinski definition) is 0. The van der Waals surface area contributed by atoms with Gasteiger partial charge in [0.25, 0.3) is 5.56 Å². The third-order valence-corrected chi connectivity index (χ3v) is 7.65. The highest BCUT2D eigenvalue weighted by Gasteiger charge is 2.36. The van der Waals surface area contributed by atoms with E-state index in [0.717, 1.165) is 10.8 Å². The lowest BCUT2D eigenvalue weighted by molar-refractivity contribution is -0.139. The molecule has 0 saturated heterocycles. The van der Waals surface area contributed by atoms with Crippen molar-refractivity contribution in [3.8, 4) is 17.2 Å². The molecule has 200 valence electrons. The summed E-state index contributed by atoms with van der Waals surface area (Å²) in [6.45, 7) is 3.70. The van der Waals surface area contributed by atoms with E-state index in [4.69, 9.17) is 18.9 Å². The van der Waals surface area contributed by atoms with Gasteiger partial charge < -0.3 is 18.9 Å². The molecule has 3 aromatic carbocycles. The predicted molar refractivity (Wildman–Crippen MR) is 150 cm³/mol. The molecule has 0 aliphatic carbocycles. The molecule has 0 amide bonds. The van der Waals surface area contributed by atoms with Crippen LogP contribution in [0.25, 0.3) is 16.8 Å². The van der Waals surface area contributed by atoms with E-state index in [0.29, 0.717) is 49.0 Å². The lowest BCUT2D eigenvalue weighted by Gasteiger charge is -2.27. The largest absolute Gasteiger partial charge is 0.497 e. The number of esters is 1. The van der Waals surface area contributed by atoms with E-state index in [2.05, 4.69) is 4.99 Å². The van der Waals surface area contributed by atoms with E-state index in [-0.39, 0.29) is 12.2 Å². The second-order valence-electron chi connectivity index (χ2n) is 8.81. The van der Waals surface area contributed by atoms with Crippen molar-refractivity contribution in [1.82, 2.24) is 4.57 Å². The highest BCUT2D eigenvalue weighted by molar-refractivity contribution is 7.07. The van der Waals surface area contributed by atoms with Crippen LogP contribution in [0.15, 0.2) is 75.7 Å². The van der Waals surface area contributed by atoms with Gasteiger partial charge in [0, 0.05) is 17.2 Å². The lowest BCUT2D eigenvalue weighted by atomic mass is 9.90. The minimum atomic E-state index is -0.804. The molecule has 5 rings (SSSR count). The Morgan fingerprint density at radius 3 is 2.51 bits per heavy atom. The van der Waals surface area contributed by atoms with Gasteiger partial charge in [-0.1, -0.05) is 41.7 Å². The van der Waals surface area contributed by atoms with Gasteiger partial charge in [-0.05, 0) is 48.9 Å². The number of carbonyl (C=O) groups is 1. The van der Waals surface area contributed by atoms with E-state index < -0.39 is 12.0 Å². The summed E-state index contributed by atoms with van der Waals surface area (Å²) in [6, 6.07) is 16.2. The van der Waals surface area contributed by atoms with Crippen molar-refractivity contribution in [2.24, 2.45) is 4.99 Å². The number of benzene rings is 3. The summed E-state index contributed by atoms with van der Waals surface area (Å²) in [5, 5.41) is 1.82. The van der Waals surface area contributed by atoms with Crippen LogP contribution < -0.4 is 29.1 Å². The first-order valence-corrected chi connectivity index (χ1v) is 13.2. The highest BCUT2D eigenvalue weighted by atomic mass is 32.1. The molecule has 1 atom stereocenters. The van der Waals surface area contributed by atoms with Crippen LogP contribution in [0.3, 0.4) is 0 Å². The minimum absolute atomic E-state index is 0.191. The number of nitrogens with zero attached hydrogens (tertiary/aromatic N) is 2. The maximum atomic E-state index is 14.1. The Bertz CT molecular complexity index is 1800. The zero-order valence-electron chi connectivity index (χ0n) is 22.3. The SMILES string of the molecule is CCOC(=O)C1=C(C)N=c2sc(=Cc3ccc(OC)cc3OC)c(=O)n2[C@H]1c1c(OC)ccc2ccccc12. The monoisotopic (exact) mass is 544 g/mol. The van der Waals surface area contributed by atoms with E-state index >= 15 is 0 Å². The number of aromatic nitrogens is 1. The highest BCUT2D eigenvalue weighted by Crippen LogP contribution is 2.40. The third-order valence-electron chi connectivity index (χ3n) is 6.67. The van der Waals surface area contributed by atoms with Crippen molar-refractivity contribution >= 4 is 34.2 Å². The van der Waals surface area contributed by atoms with E-state index in [1.54, 1.807) is 58.0 Å². The number of fused-ring (bicyclic) bond motifs is 2. The molecule has 0 radical (unpaired) electrons. The molecular formula is C30H28N2O6S. The quantitative estimate of drug-likeness (QED) is 0.327. The maximum absolute atomic E-state index is 14.1. The molecule has 1 aromatic heterocycles. The second-order valence-corrected chi connectivity index (χ2v) is 9.82. The average molecular weight is 545 g/mol. The smallest absolute Gasteiger partial charge is 0.338 e. The lowest BCUT2D eigenvalue weighted by Crippen LogP contribution is -2.40. The number of allylic oxidation sites excluding steroid dienone is 1. The summed E-state index contributed by atoms with van der Waals surface area (Å²) in [6.07, 6.45) is 1.77. The van der Waals surface area contributed by atoms with Gasteiger partial charge in [-0.2, -0.15) is 0 Å². The van der Waals surface area contributed by atoms with Crippen molar-refractivity contribution < 1.29 is 23.7 Å². The van der Waals surface area contributed by atoms with Crippen molar-refractivity contribution in [2.75, 3.05) is 27.9 Å². The summed E-state index contributed by atoms with van der Waals surface area (Å²) in [4.78, 5) is 32.6. The zero-order chi connectivity index (χ0) is 27.7. The topological polar surface area (TPSA) is 88.4 Å². The molecule has 0 spiro atoms. The number of hydrogen-bond acceptors (Lipinski definition) is 8. The van der Waals surface area contributed by atoms with Gasteiger partial charge in [-0.15, -0.1) is 0 Å². The molecule has 1 aliphatic heterocycles. The van der Waals surface area contributed by atoms with Gasteiger partial charge >= 0.3 is 5.97 Å². The van der Waals surface area contributed by atoms with Crippen molar-refractivity contribution in [3.63, 3.8) is 0 Å². The molecule has 9 heteroatoms. The average Bonchev–Trinajstić information content (AvgIpc) is 3.25. The van der Waals surface area contributed by atoms with Crippen LogP contribution in [0.1, 0.15) is 31.0 Å². The fourth-order valence-electron chi connectivity index (χ4n) is 4.88. The minimum Gasteiger partial charge on any atom is -0.497 e. The van der Waals surface area contributed by atoms with E-state index in [1.165, 1.54) is 11.3 Å². The molecule has 0 unspecified atom stereocenters. The molecule has 8 nitrogen and oxygen atoms in total. The number of methoxy groups -OCH3 is 3. The van der Waals surface area contributed by atoms with Crippen LogP contribution in [0.2, 0.25) is 0 Å². The van der Waals surface area contributed by atoms with Gasteiger partial charge in [0.15, 0.2) is 4.80 Å². The second kappa shape index (κ2) is 10.8. The summed E-state index contributed by atoms with van der Waals surface area (Å²) >= 11 is 1.25. The van der Waals surface area contributed by atoms with Crippen LogP contribution in [0, 0.1) is 0 Å². The summed E-state index contributed by atoms with van der Waals surface area (Å²) in [5.41, 5.74) is 1.91. The Balaban J connectivity index is 1.83. The Labute approximate surface area is 229 Å². The first kappa shape index (κ1) is 26.2.